The van der Waals surface area contributed by atoms with Gasteiger partial charge in [-0.15, -0.1) is 0 Å². The molecule has 3 fully saturated rings. The van der Waals surface area contributed by atoms with E-state index in [1.165, 1.54) is 122 Å². The van der Waals surface area contributed by atoms with E-state index in [-0.39, 0.29) is 0 Å². The molecular formula is C27H50O. The fourth-order valence-electron chi connectivity index (χ4n) is 8.01. The molecule has 1 atom stereocenters. The largest absolute Gasteiger partial charge is 0.396 e. The lowest BCUT2D eigenvalue weighted by Gasteiger charge is -2.55. The fourth-order valence-corrected chi connectivity index (χ4v) is 8.01. The molecular weight excluding hydrogens is 340 g/mol. The third kappa shape index (κ3) is 5.55. The first-order chi connectivity index (χ1) is 13.8. The van der Waals surface area contributed by atoms with E-state index in [0.29, 0.717) is 12.0 Å². The molecule has 3 aliphatic rings. The normalized spacial score (nSPS) is 25.1. The van der Waals surface area contributed by atoms with Gasteiger partial charge in [-0.05, 0) is 74.0 Å². The summed E-state index contributed by atoms with van der Waals surface area (Å²) < 4.78 is 0. The Kier molecular flexibility index (Phi) is 9.68. The molecule has 0 heterocycles. The zero-order valence-corrected chi connectivity index (χ0v) is 19.1. The van der Waals surface area contributed by atoms with Crippen molar-refractivity contribution in [1.29, 1.82) is 0 Å². The Bertz CT molecular complexity index is 374. The molecule has 0 amide bonds. The molecule has 3 aliphatic carbocycles. The van der Waals surface area contributed by atoms with Crippen molar-refractivity contribution >= 4 is 0 Å². The summed E-state index contributed by atoms with van der Waals surface area (Å²) in [5, 5.41) is 10.0. The summed E-state index contributed by atoms with van der Waals surface area (Å²) in [6.45, 7) is 2.80. The zero-order valence-electron chi connectivity index (χ0n) is 19.1. The van der Waals surface area contributed by atoms with E-state index in [1.54, 1.807) is 0 Å². The van der Waals surface area contributed by atoms with Gasteiger partial charge in [-0.3, -0.25) is 0 Å². The van der Waals surface area contributed by atoms with Crippen molar-refractivity contribution < 1.29 is 5.11 Å². The van der Waals surface area contributed by atoms with Crippen molar-refractivity contribution in [3.63, 3.8) is 0 Å². The molecule has 0 aromatic carbocycles. The Morgan fingerprint density at radius 2 is 1.21 bits per heavy atom. The van der Waals surface area contributed by atoms with E-state index in [9.17, 15) is 5.11 Å². The van der Waals surface area contributed by atoms with Gasteiger partial charge in [0.2, 0.25) is 0 Å². The molecule has 1 heteroatoms. The lowest BCUT2D eigenvalue weighted by molar-refractivity contribution is -0.0584. The topological polar surface area (TPSA) is 20.2 Å². The monoisotopic (exact) mass is 390 g/mol. The molecule has 0 spiro atoms. The average molecular weight is 391 g/mol. The van der Waals surface area contributed by atoms with Crippen LogP contribution in [-0.2, 0) is 0 Å². The smallest absolute Gasteiger partial charge is 0.0433 e. The maximum atomic E-state index is 10.0. The Balaban J connectivity index is 1.87. The second kappa shape index (κ2) is 12.0. The van der Waals surface area contributed by atoms with Crippen molar-refractivity contribution in [1.82, 2.24) is 0 Å². The molecule has 0 aromatic heterocycles. The Morgan fingerprint density at radius 1 is 0.714 bits per heavy atom. The van der Waals surface area contributed by atoms with Crippen LogP contribution in [0.3, 0.4) is 0 Å². The second-order valence-electron chi connectivity index (χ2n) is 10.8. The van der Waals surface area contributed by atoms with Crippen molar-refractivity contribution in [2.24, 2.45) is 29.1 Å². The van der Waals surface area contributed by atoms with Crippen LogP contribution in [0.4, 0.5) is 0 Å². The van der Waals surface area contributed by atoms with Crippen LogP contribution >= 0.6 is 0 Å². The van der Waals surface area contributed by atoms with Gasteiger partial charge in [0.05, 0.1) is 0 Å². The highest BCUT2D eigenvalue weighted by molar-refractivity contribution is 4.99. The molecule has 3 rings (SSSR count). The summed E-state index contributed by atoms with van der Waals surface area (Å²) >= 11 is 0. The van der Waals surface area contributed by atoms with Gasteiger partial charge in [-0.2, -0.15) is 0 Å². The molecule has 28 heavy (non-hydrogen) atoms. The molecule has 3 saturated carbocycles. The predicted molar refractivity (Wildman–Crippen MR) is 121 cm³/mol. The van der Waals surface area contributed by atoms with Crippen LogP contribution in [0.25, 0.3) is 0 Å². The van der Waals surface area contributed by atoms with Gasteiger partial charge in [0, 0.05) is 6.61 Å². The number of hydrogen-bond acceptors (Lipinski definition) is 1. The van der Waals surface area contributed by atoms with Crippen LogP contribution in [0.2, 0.25) is 0 Å². The standard InChI is InChI=1S/C27H50O/c1-2-12-24(20-22-28)27(25-15-8-4-9-16-25,26-17-10-5-11-18-26)21-19-23-13-6-3-7-14-23/h23-26,28H,2-22H2,1H3. The Labute approximate surface area is 176 Å². The molecule has 0 saturated heterocycles. The summed E-state index contributed by atoms with van der Waals surface area (Å²) in [7, 11) is 0. The molecule has 0 aliphatic heterocycles. The molecule has 164 valence electrons. The van der Waals surface area contributed by atoms with Gasteiger partial charge in [0.25, 0.3) is 0 Å². The first-order valence-corrected chi connectivity index (χ1v) is 13.4. The summed E-state index contributed by atoms with van der Waals surface area (Å²) in [6, 6.07) is 0. The van der Waals surface area contributed by atoms with Gasteiger partial charge >= 0.3 is 0 Å². The van der Waals surface area contributed by atoms with Crippen LogP contribution in [0, 0.1) is 29.1 Å². The Morgan fingerprint density at radius 3 is 1.68 bits per heavy atom. The second-order valence-corrected chi connectivity index (χ2v) is 10.8. The Hall–Kier alpha value is -0.0400. The number of rotatable bonds is 10. The number of hydrogen-bond donors (Lipinski definition) is 1. The van der Waals surface area contributed by atoms with E-state index < -0.39 is 0 Å². The molecule has 0 bridgehead atoms. The van der Waals surface area contributed by atoms with Crippen LogP contribution in [0.15, 0.2) is 0 Å². The van der Waals surface area contributed by atoms with E-state index in [4.69, 9.17) is 0 Å². The molecule has 0 radical (unpaired) electrons. The van der Waals surface area contributed by atoms with Crippen molar-refractivity contribution in [3.8, 4) is 0 Å². The van der Waals surface area contributed by atoms with Crippen LogP contribution < -0.4 is 0 Å². The maximum absolute atomic E-state index is 10.0. The van der Waals surface area contributed by atoms with E-state index in [1.807, 2.05) is 0 Å². The predicted octanol–water partition coefficient (Wildman–Crippen LogP) is 8.29. The highest BCUT2D eigenvalue weighted by atomic mass is 16.3. The van der Waals surface area contributed by atoms with E-state index >= 15 is 0 Å². The highest BCUT2D eigenvalue weighted by Gasteiger charge is 2.49. The molecule has 1 nitrogen and oxygen atoms in total. The number of aliphatic hydroxyl groups is 1. The highest BCUT2D eigenvalue weighted by Crippen LogP contribution is 2.58. The number of aliphatic hydroxyl groups excluding tert-OH is 1. The van der Waals surface area contributed by atoms with Gasteiger partial charge < -0.3 is 5.11 Å². The van der Waals surface area contributed by atoms with Crippen LogP contribution in [0.5, 0.6) is 0 Å². The van der Waals surface area contributed by atoms with Crippen LogP contribution in [-0.4, -0.2) is 11.7 Å². The first kappa shape index (κ1) is 22.6. The third-order valence-corrected chi connectivity index (χ3v) is 9.32. The average Bonchev–Trinajstić information content (AvgIpc) is 2.77. The third-order valence-electron chi connectivity index (χ3n) is 9.32. The molecule has 1 unspecified atom stereocenters. The van der Waals surface area contributed by atoms with Crippen molar-refractivity contribution in [2.45, 2.75) is 135 Å². The summed E-state index contributed by atoms with van der Waals surface area (Å²) in [5.41, 5.74) is 0.553. The van der Waals surface area contributed by atoms with E-state index in [2.05, 4.69) is 6.92 Å². The van der Waals surface area contributed by atoms with E-state index in [0.717, 1.165) is 30.1 Å². The first-order valence-electron chi connectivity index (χ1n) is 13.4. The fraction of sp³-hybridized carbons (Fsp3) is 1.00. The molecule has 1 N–H and O–H groups in total. The summed E-state index contributed by atoms with van der Waals surface area (Å²) in [6.07, 6.45) is 29.0. The van der Waals surface area contributed by atoms with Crippen molar-refractivity contribution in [3.05, 3.63) is 0 Å². The molecule has 0 aromatic rings. The lowest BCUT2D eigenvalue weighted by Crippen LogP contribution is -2.47. The van der Waals surface area contributed by atoms with Crippen molar-refractivity contribution in [2.75, 3.05) is 6.61 Å². The maximum Gasteiger partial charge on any atom is 0.0433 e. The zero-order chi connectivity index (χ0) is 19.7. The minimum absolute atomic E-state index is 0.412. The minimum Gasteiger partial charge on any atom is -0.396 e. The van der Waals surface area contributed by atoms with Gasteiger partial charge in [0.1, 0.15) is 0 Å². The quantitative estimate of drug-likeness (QED) is 0.398. The lowest BCUT2D eigenvalue weighted by atomic mass is 9.50. The minimum atomic E-state index is 0.412. The van der Waals surface area contributed by atoms with Gasteiger partial charge in [-0.25, -0.2) is 0 Å². The van der Waals surface area contributed by atoms with Gasteiger partial charge in [0.15, 0.2) is 0 Å². The van der Waals surface area contributed by atoms with Crippen LogP contribution in [0.1, 0.15) is 135 Å². The summed E-state index contributed by atoms with van der Waals surface area (Å²) in [4.78, 5) is 0. The van der Waals surface area contributed by atoms with Gasteiger partial charge in [-0.1, -0.05) is 90.4 Å². The SMILES string of the molecule is CCCC(CCO)C(CCC1CCCCC1)(C1CCCCC1)C1CCCCC1. The summed E-state index contributed by atoms with van der Waals surface area (Å²) in [5.74, 6) is 3.70.